The maximum atomic E-state index is 13.6. The number of rotatable bonds is 2. The molecule has 0 saturated carbocycles. The topological polar surface area (TPSA) is 123 Å². The Hall–Kier alpha value is -2.66. The maximum absolute atomic E-state index is 13.6. The van der Waals surface area contributed by atoms with Gasteiger partial charge in [0.05, 0.1) is 19.2 Å². The van der Waals surface area contributed by atoms with Crippen molar-refractivity contribution in [2.24, 2.45) is 0 Å². The standard InChI is InChI=1S/C12H20FNO4.C11H18FNO4/c1-7-8(13)6-9(10(15)17-5)14(7)11(16)18-12(2,3)4;1-6-7(12)5-8(9(14)15)13(6)10(16)17-11(2,3)4/h7-9H,6H2,1-5H3;6-8H,5H2,1-4H3,(H,14,15)/t7-,8+,9-;6-,7+,8-/m00/s1. The van der Waals surface area contributed by atoms with Gasteiger partial charge in [-0.2, -0.15) is 0 Å². The van der Waals surface area contributed by atoms with Gasteiger partial charge in [0.1, 0.15) is 35.6 Å². The summed E-state index contributed by atoms with van der Waals surface area (Å²) in [7, 11) is 1.21. The van der Waals surface area contributed by atoms with Crippen molar-refractivity contribution in [1.82, 2.24) is 9.80 Å². The number of esters is 1. The molecule has 1 N–H and O–H groups in total. The van der Waals surface area contributed by atoms with E-state index in [1.165, 1.54) is 14.0 Å². The molecule has 0 bridgehead atoms. The minimum absolute atomic E-state index is 0.0485. The molecule has 2 amide bonds. The summed E-state index contributed by atoms with van der Waals surface area (Å²) in [6.07, 6.45) is -4.28. The average molecular weight is 509 g/mol. The first-order chi connectivity index (χ1) is 15.8. The maximum Gasteiger partial charge on any atom is 0.411 e. The van der Waals surface area contributed by atoms with Crippen LogP contribution in [0.4, 0.5) is 18.4 Å². The lowest BCUT2D eigenvalue weighted by molar-refractivity contribution is -0.146. The number of amides is 2. The fraction of sp³-hybridized carbons (Fsp3) is 0.826. The molecule has 0 spiro atoms. The number of alkyl halides is 2. The molecule has 0 aliphatic carbocycles. The van der Waals surface area contributed by atoms with Crippen LogP contribution in [0.25, 0.3) is 0 Å². The molecule has 202 valence electrons. The largest absolute Gasteiger partial charge is 0.480 e. The Morgan fingerprint density at radius 1 is 0.771 bits per heavy atom. The number of carboxylic acid groups (broad SMARTS) is 1. The monoisotopic (exact) mass is 508 g/mol. The smallest absolute Gasteiger partial charge is 0.411 e. The zero-order valence-electron chi connectivity index (χ0n) is 21.8. The van der Waals surface area contributed by atoms with Crippen LogP contribution >= 0.6 is 0 Å². The molecule has 2 heterocycles. The molecule has 2 aliphatic rings. The third-order valence-electron chi connectivity index (χ3n) is 5.46. The summed E-state index contributed by atoms with van der Waals surface area (Å²) >= 11 is 0. The Bertz CT molecular complexity index is 795. The van der Waals surface area contributed by atoms with Crippen LogP contribution in [0.15, 0.2) is 0 Å². The Kier molecular flexibility index (Phi) is 9.88. The average Bonchev–Trinajstić information content (AvgIpc) is 3.15. The van der Waals surface area contributed by atoms with Crippen molar-refractivity contribution in [1.29, 1.82) is 0 Å². The number of nitrogens with zero attached hydrogens (tertiary/aromatic N) is 2. The lowest BCUT2D eigenvalue weighted by Gasteiger charge is -2.30. The highest BCUT2D eigenvalue weighted by molar-refractivity contribution is 5.83. The summed E-state index contributed by atoms with van der Waals surface area (Å²) in [5.41, 5.74) is -1.42. The molecule has 0 aromatic rings. The van der Waals surface area contributed by atoms with Crippen LogP contribution in [0.2, 0.25) is 0 Å². The van der Waals surface area contributed by atoms with E-state index in [1.807, 2.05) is 0 Å². The second kappa shape index (κ2) is 11.4. The molecule has 0 aromatic carbocycles. The highest BCUT2D eigenvalue weighted by atomic mass is 19.1. The quantitative estimate of drug-likeness (QED) is 0.443. The van der Waals surface area contributed by atoms with E-state index in [0.29, 0.717) is 0 Å². The van der Waals surface area contributed by atoms with Crippen molar-refractivity contribution >= 4 is 24.1 Å². The highest BCUT2D eigenvalue weighted by Crippen LogP contribution is 2.30. The van der Waals surface area contributed by atoms with Gasteiger partial charge in [-0.05, 0) is 55.4 Å². The lowest BCUT2D eigenvalue weighted by atomic mass is 10.2. The highest BCUT2D eigenvalue weighted by Gasteiger charge is 2.48. The number of ether oxygens (including phenoxy) is 3. The summed E-state index contributed by atoms with van der Waals surface area (Å²) < 4.78 is 41.9. The molecule has 6 atom stereocenters. The minimum Gasteiger partial charge on any atom is -0.480 e. The predicted octanol–water partition coefficient (Wildman–Crippen LogP) is 3.70. The van der Waals surface area contributed by atoms with E-state index in [0.717, 1.165) is 9.80 Å². The zero-order chi connectivity index (χ0) is 27.5. The molecule has 10 nitrogen and oxygen atoms in total. The van der Waals surface area contributed by atoms with Gasteiger partial charge in [-0.15, -0.1) is 0 Å². The SMILES string of the molecule is COC(=O)[C@@H]1C[C@@H](F)[C@H](C)N1C(=O)OC(C)(C)C.C[C@H]1[C@H](F)C[C@@H](C(=O)O)N1C(=O)OC(C)(C)C. The molecular formula is C23H38F2N2O8. The number of likely N-dealkylation sites (tertiary alicyclic amines) is 2. The Labute approximate surface area is 204 Å². The number of methoxy groups -OCH3 is 1. The molecule has 2 aliphatic heterocycles. The third kappa shape index (κ3) is 8.21. The van der Waals surface area contributed by atoms with Crippen molar-refractivity contribution in [3.63, 3.8) is 0 Å². The van der Waals surface area contributed by atoms with Crippen LogP contribution in [0, 0.1) is 0 Å². The summed E-state index contributed by atoms with van der Waals surface area (Å²) in [6.45, 7) is 13.2. The van der Waals surface area contributed by atoms with Crippen LogP contribution in [0.1, 0.15) is 68.2 Å². The van der Waals surface area contributed by atoms with Crippen LogP contribution in [-0.4, -0.2) is 93.9 Å². The summed E-state index contributed by atoms with van der Waals surface area (Å²) in [5, 5.41) is 8.95. The molecule has 2 fully saturated rings. The molecule has 0 radical (unpaired) electrons. The van der Waals surface area contributed by atoms with E-state index < -0.39 is 71.8 Å². The Balaban J connectivity index is 0.000000351. The zero-order valence-corrected chi connectivity index (χ0v) is 21.8. The van der Waals surface area contributed by atoms with Crippen LogP contribution < -0.4 is 0 Å². The van der Waals surface area contributed by atoms with E-state index in [4.69, 9.17) is 14.6 Å². The van der Waals surface area contributed by atoms with Crippen molar-refractivity contribution in [2.75, 3.05) is 7.11 Å². The predicted molar refractivity (Wildman–Crippen MR) is 121 cm³/mol. The number of carbonyl (C=O) groups excluding carboxylic acids is 3. The number of aliphatic carboxylic acids is 1. The van der Waals surface area contributed by atoms with E-state index in [1.54, 1.807) is 48.5 Å². The van der Waals surface area contributed by atoms with E-state index in [-0.39, 0.29) is 12.8 Å². The molecule has 35 heavy (non-hydrogen) atoms. The fourth-order valence-corrected chi connectivity index (χ4v) is 3.75. The van der Waals surface area contributed by atoms with Gasteiger partial charge in [0, 0.05) is 12.8 Å². The molecular weight excluding hydrogens is 470 g/mol. The Morgan fingerprint density at radius 3 is 1.43 bits per heavy atom. The summed E-state index contributed by atoms with van der Waals surface area (Å²) in [6, 6.07) is -3.51. The van der Waals surface area contributed by atoms with Gasteiger partial charge < -0.3 is 19.3 Å². The normalized spacial score (nSPS) is 28.7. The third-order valence-corrected chi connectivity index (χ3v) is 5.46. The molecule has 0 unspecified atom stereocenters. The van der Waals surface area contributed by atoms with Crippen molar-refractivity contribution in [3.05, 3.63) is 0 Å². The first-order valence-corrected chi connectivity index (χ1v) is 11.4. The number of halogens is 2. The molecule has 12 heteroatoms. The van der Waals surface area contributed by atoms with Crippen LogP contribution in [0.5, 0.6) is 0 Å². The van der Waals surface area contributed by atoms with Gasteiger partial charge in [0.2, 0.25) is 0 Å². The van der Waals surface area contributed by atoms with E-state index in [2.05, 4.69) is 4.74 Å². The fourth-order valence-electron chi connectivity index (χ4n) is 3.75. The number of carbonyl (C=O) groups is 4. The molecule has 2 saturated heterocycles. The van der Waals surface area contributed by atoms with Gasteiger partial charge in [-0.1, -0.05) is 0 Å². The lowest BCUT2D eigenvalue weighted by Crippen LogP contribution is -2.47. The van der Waals surface area contributed by atoms with Gasteiger partial charge in [-0.25, -0.2) is 28.0 Å². The van der Waals surface area contributed by atoms with Crippen LogP contribution in [-0.2, 0) is 23.8 Å². The van der Waals surface area contributed by atoms with Gasteiger partial charge >= 0.3 is 24.1 Å². The number of hydrogen-bond donors (Lipinski definition) is 1. The van der Waals surface area contributed by atoms with E-state index >= 15 is 0 Å². The first kappa shape index (κ1) is 30.4. The Morgan fingerprint density at radius 2 is 1.11 bits per heavy atom. The first-order valence-electron chi connectivity index (χ1n) is 11.4. The number of hydrogen-bond acceptors (Lipinski definition) is 7. The second-order valence-corrected chi connectivity index (χ2v) is 10.7. The van der Waals surface area contributed by atoms with Crippen LogP contribution in [0.3, 0.4) is 0 Å². The van der Waals surface area contributed by atoms with Gasteiger partial charge in [0.25, 0.3) is 0 Å². The van der Waals surface area contributed by atoms with Crippen molar-refractivity contribution in [2.45, 2.75) is 116 Å². The second-order valence-electron chi connectivity index (χ2n) is 10.7. The van der Waals surface area contributed by atoms with Gasteiger partial charge in [0.15, 0.2) is 0 Å². The summed E-state index contributed by atoms with van der Waals surface area (Å²) in [4.78, 5) is 48.4. The summed E-state index contributed by atoms with van der Waals surface area (Å²) in [5.74, 6) is -1.82. The number of carboxylic acids is 1. The molecule has 2 rings (SSSR count). The molecule has 0 aromatic heterocycles. The minimum atomic E-state index is -1.33. The van der Waals surface area contributed by atoms with E-state index in [9.17, 15) is 28.0 Å². The van der Waals surface area contributed by atoms with Gasteiger partial charge in [-0.3, -0.25) is 9.80 Å². The van der Waals surface area contributed by atoms with Crippen molar-refractivity contribution in [3.8, 4) is 0 Å². The van der Waals surface area contributed by atoms with Crippen molar-refractivity contribution < 1.29 is 47.3 Å².